The summed E-state index contributed by atoms with van der Waals surface area (Å²) in [5, 5.41) is 9.58. The van der Waals surface area contributed by atoms with Crippen LogP contribution in [-0.2, 0) is 12.8 Å². The second-order valence-corrected chi connectivity index (χ2v) is 4.57. The summed E-state index contributed by atoms with van der Waals surface area (Å²) in [5.41, 5.74) is 1.47. The topological polar surface area (TPSA) is 92.9 Å². The molecule has 2 rings (SSSR count). The molecule has 112 valence electrons. The summed E-state index contributed by atoms with van der Waals surface area (Å²) in [6.45, 7) is 4.19. The number of nitrogens with zero attached hydrogens (tertiary/aromatic N) is 3. The fraction of sp³-hybridized carbons (Fsp3) is 0.429. The van der Waals surface area contributed by atoms with Gasteiger partial charge in [0.2, 0.25) is 5.89 Å². The fourth-order valence-electron chi connectivity index (χ4n) is 1.86. The van der Waals surface area contributed by atoms with Crippen LogP contribution in [0.1, 0.15) is 34.7 Å². The highest BCUT2D eigenvalue weighted by Gasteiger charge is 2.09. The molecule has 0 aliphatic rings. The van der Waals surface area contributed by atoms with E-state index in [1.807, 2.05) is 6.92 Å². The number of aromatic nitrogens is 3. The molecule has 0 spiro atoms. The highest BCUT2D eigenvalue weighted by Crippen LogP contribution is 2.10. The van der Waals surface area contributed by atoms with E-state index in [1.165, 1.54) is 0 Å². The lowest BCUT2D eigenvalue weighted by Gasteiger charge is -2.08. The summed E-state index contributed by atoms with van der Waals surface area (Å²) in [4.78, 5) is 20.6. The lowest BCUT2D eigenvalue weighted by Crippen LogP contribution is -2.26. The smallest absolute Gasteiger partial charge is 0.251 e. The van der Waals surface area contributed by atoms with Crippen LogP contribution in [0.4, 0.5) is 5.82 Å². The molecule has 2 N–H and O–H groups in total. The van der Waals surface area contributed by atoms with Gasteiger partial charge in [-0.3, -0.25) is 4.79 Å². The lowest BCUT2D eigenvalue weighted by molar-refractivity contribution is 0.0953. The zero-order valence-electron chi connectivity index (χ0n) is 12.4. The first-order chi connectivity index (χ1) is 10.1. The maximum atomic E-state index is 12.1. The fourth-order valence-corrected chi connectivity index (χ4v) is 1.86. The van der Waals surface area contributed by atoms with Gasteiger partial charge in [-0.2, -0.15) is 4.98 Å². The van der Waals surface area contributed by atoms with Crippen molar-refractivity contribution < 1.29 is 9.32 Å². The molecule has 7 nitrogen and oxygen atoms in total. The zero-order valence-corrected chi connectivity index (χ0v) is 12.4. The Balaban J connectivity index is 1.96. The second-order valence-electron chi connectivity index (χ2n) is 4.57. The van der Waals surface area contributed by atoms with Crippen molar-refractivity contribution in [3.05, 3.63) is 35.1 Å². The van der Waals surface area contributed by atoms with Crippen molar-refractivity contribution in [1.82, 2.24) is 20.4 Å². The number of aryl methyl sites for hydroxylation is 2. The highest BCUT2D eigenvalue weighted by molar-refractivity contribution is 5.95. The number of carbonyl (C=O) groups is 1. The summed E-state index contributed by atoms with van der Waals surface area (Å²) in [7, 11) is 1.78. The summed E-state index contributed by atoms with van der Waals surface area (Å²) >= 11 is 0. The first-order valence-corrected chi connectivity index (χ1v) is 6.88. The van der Waals surface area contributed by atoms with E-state index in [0.717, 1.165) is 12.1 Å². The van der Waals surface area contributed by atoms with E-state index in [4.69, 9.17) is 4.52 Å². The Bertz CT molecular complexity index is 601. The molecule has 1 amide bonds. The molecule has 0 bridgehead atoms. The van der Waals surface area contributed by atoms with Crippen LogP contribution in [0.5, 0.6) is 0 Å². The summed E-state index contributed by atoms with van der Waals surface area (Å²) in [5.74, 6) is 1.67. The van der Waals surface area contributed by atoms with Gasteiger partial charge >= 0.3 is 0 Å². The average Bonchev–Trinajstić information content (AvgIpc) is 2.92. The van der Waals surface area contributed by atoms with Crippen LogP contribution >= 0.6 is 0 Å². The van der Waals surface area contributed by atoms with Gasteiger partial charge in [0.15, 0.2) is 5.82 Å². The number of rotatable bonds is 6. The van der Waals surface area contributed by atoms with Gasteiger partial charge in [-0.1, -0.05) is 12.1 Å². The maximum absolute atomic E-state index is 12.1. The van der Waals surface area contributed by atoms with Gasteiger partial charge in [-0.25, -0.2) is 4.98 Å². The normalized spacial score (nSPS) is 10.4. The third-order valence-corrected chi connectivity index (χ3v) is 2.96. The molecular formula is C14H19N5O2. The predicted molar refractivity (Wildman–Crippen MR) is 78.2 cm³/mol. The minimum absolute atomic E-state index is 0.135. The number of nitrogens with one attached hydrogen (secondary N) is 2. The highest BCUT2D eigenvalue weighted by atomic mass is 16.5. The van der Waals surface area contributed by atoms with Gasteiger partial charge in [-0.15, -0.1) is 0 Å². The van der Waals surface area contributed by atoms with Gasteiger partial charge in [0.25, 0.3) is 5.91 Å². The molecule has 2 aromatic rings. The quantitative estimate of drug-likeness (QED) is 0.834. The van der Waals surface area contributed by atoms with Crippen molar-refractivity contribution in [2.45, 2.75) is 26.7 Å². The Morgan fingerprint density at radius 2 is 2.14 bits per heavy atom. The molecule has 7 heteroatoms. The van der Waals surface area contributed by atoms with Crippen molar-refractivity contribution in [1.29, 1.82) is 0 Å². The Kier molecular flexibility index (Phi) is 4.86. The summed E-state index contributed by atoms with van der Waals surface area (Å²) in [6.07, 6.45) is 1.31. The standard InChI is InChI=1S/C14H19N5O2/c1-4-11-7-10(8-13(15-3)18-11)14(20)16-6-5-12-17-9(2)21-19-12/h7-8H,4-6H2,1-3H3,(H,15,18)(H,16,20). The van der Waals surface area contributed by atoms with E-state index in [-0.39, 0.29) is 5.91 Å². The van der Waals surface area contributed by atoms with Crippen LogP contribution in [0.15, 0.2) is 16.7 Å². The van der Waals surface area contributed by atoms with Crippen LogP contribution in [0.25, 0.3) is 0 Å². The van der Waals surface area contributed by atoms with E-state index >= 15 is 0 Å². The number of pyridine rings is 1. The predicted octanol–water partition coefficient (Wildman–Crippen LogP) is 1.35. The maximum Gasteiger partial charge on any atom is 0.251 e. The minimum atomic E-state index is -0.135. The van der Waals surface area contributed by atoms with Crippen molar-refractivity contribution in [2.75, 3.05) is 18.9 Å². The molecule has 0 aliphatic carbocycles. The van der Waals surface area contributed by atoms with E-state index in [1.54, 1.807) is 26.1 Å². The SMILES string of the molecule is CCc1cc(C(=O)NCCc2noc(C)n2)cc(NC)n1. The van der Waals surface area contributed by atoms with E-state index in [2.05, 4.69) is 25.8 Å². The first-order valence-electron chi connectivity index (χ1n) is 6.88. The molecule has 0 aromatic carbocycles. The Labute approximate surface area is 123 Å². The lowest BCUT2D eigenvalue weighted by atomic mass is 10.2. The van der Waals surface area contributed by atoms with Crippen LogP contribution < -0.4 is 10.6 Å². The van der Waals surface area contributed by atoms with E-state index in [0.29, 0.717) is 36.1 Å². The number of carbonyl (C=O) groups excluding carboxylic acids is 1. The van der Waals surface area contributed by atoms with Crippen LogP contribution in [-0.4, -0.2) is 34.6 Å². The van der Waals surface area contributed by atoms with Gasteiger partial charge in [0.05, 0.1) is 0 Å². The van der Waals surface area contributed by atoms with Gasteiger partial charge in [0.1, 0.15) is 5.82 Å². The molecule has 2 heterocycles. The van der Waals surface area contributed by atoms with Crippen molar-refractivity contribution in [2.24, 2.45) is 0 Å². The molecule has 0 atom stereocenters. The Morgan fingerprint density at radius 1 is 1.33 bits per heavy atom. The van der Waals surface area contributed by atoms with Crippen molar-refractivity contribution >= 4 is 11.7 Å². The van der Waals surface area contributed by atoms with Crippen LogP contribution in [0.3, 0.4) is 0 Å². The first kappa shape index (κ1) is 15.0. The number of hydrogen-bond acceptors (Lipinski definition) is 6. The third-order valence-electron chi connectivity index (χ3n) is 2.96. The average molecular weight is 289 g/mol. The molecule has 0 unspecified atom stereocenters. The van der Waals surface area contributed by atoms with Gasteiger partial charge in [0, 0.05) is 38.2 Å². The molecule has 0 aliphatic heterocycles. The molecular weight excluding hydrogens is 270 g/mol. The zero-order chi connectivity index (χ0) is 15.2. The molecule has 0 saturated carbocycles. The van der Waals surface area contributed by atoms with Crippen molar-refractivity contribution in [3.8, 4) is 0 Å². The molecule has 2 aromatic heterocycles. The Hall–Kier alpha value is -2.44. The van der Waals surface area contributed by atoms with Crippen LogP contribution in [0.2, 0.25) is 0 Å². The minimum Gasteiger partial charge on any atom is -0.373 e. The monoisotopic (exact) mass is 289 g/mol. The molecule has 0 fully saturated rings. The molecule has 0 saturated heterocycles. The number of hydrogen-bond donors (Lipinski definition) is 2. The van der Waals surface area contributed by atoms with Crippen LogP contribution in [0, 0.1) is 6.92 Å². The number of amides is 1. The Morgan fingerprint density at radius 3 is 2.76 bits per heavy atom. The summed E-state index contributed by atoms with van der Waals surface area (Å²) < 4.78 is 4.88. The van der Waals surface area contributed by atoms with E-state index in [9.17, 15) is 4.79 Å². The summed E-state index contributed by atoms with van der Waals surface area (Å²) in [6, 6.07) is 3.53. The van der Waals surface area contributed by atoms with Gasteiger partial charge < -0.3 is 15.2 Å². The second kappa shape index (κ2) is 6.83. The number of anilines is 1. The van der Waals surface area contributed by atoms with Crippen molar-refractivity contribution in [3.63, 3.8) is 0 Å². The largest absolute Gasteiger partial charge is 0.373 e. The third kappa shape index (κ3) is 4.01. The molecule has 0 radical (unpaired) electrons. The van der Waals surface area contributed by atoms with Gasteiger partial charge in [-0.05, 0) is 18.6 Å². The molecule has 21 heavy (non-hydrogen) atoms. The van der Waals surface area contributed by atoms with E-state index < -0.39 is 0 Å².